The lowest BCUT2D eigenvalue weighted by molar-refractivity contribution is 0.240. The maximum atomic E-state index is 5.79. The van der Waals surface area contributed by atoms with Gasteiger partial charge in [-0.15, -0.1) is 11.3 Å². The van der Waals surface area contributed by atoms with Crippen LogP contribution >= 0.6 is 27.3 Å². The van der Waals surface area contributed by atoms with Crippen molar-refractivity contribution in [3.8, 4) is 5.75 Å². The molecule has 1 aliphatic carbocycles. The molecule has 1 aromatic carbocycles. The highest BCUT2D eigenvalue weighted by Crippen LogP contribution is 2.39. The monoisotopic (exact) mass is 363 g/mol. The van der Waals surface area contributed by atoms with Crippen molar-refractivity contribution in [2.45, 2.75) is 37.8 Å². The Labute approximate surface area is 137 Å². The highest BCUT2D eigenvalue weighted by Gasteiger charge is 2.27. The maximum Gasteiger partial charge on any atom is 0.124 e. The van der Waals surface area contributed by atoms with E-state index in [0.717, 1.165) is 23.2 Å². The molecule has 0 saturated heterocycles. The van der Waals surface area contributed by atoms with E-state index >= 15 is 0 Å². The van der Waals surface area contributed by atoms with Crippen LogP contribution in [0.2, 0.25) is 0 Å². The largest absolute Gasteiger partial charge is 0.493 e. The first-order valence-electron chi connectivity index (χ1n) is 7.56. The maximum absolute atomic E-state index is 5.79. The highest BCUT2D eigenvalue weighted by atomic mass is 79.9. The van der Waals surface area contributed by atoms with Crippen LogP contribution in [0.25, 0.3) is 0 Å². The molecule has 0 spiro atoms. The molecule has 0 bridgehead atoms. The third-order valence-electron chi connectivity index (χ3n) is 4.47. The molecule has 0 radical (unpaired) electrons. The molecule has 0 amide bonds. The van der Waals surface area contributed by atoms with Crippen molar-refractivity contribution in [3.05, 3.63) is 50.1 Å². The van der Waals surface area contributed by atoms with Crippen molar-refractivity contribution in [2.75, 3.05) is 6.61 Å². The molecule has 21 heavy (non-hydrogen) atoms. The molecule has 2 nitrogen and oxygen atoms in total. The molecule has 2 aromatic rings. The Hall–Kier alpha value is -0.840. The number of ether oxygens (including phenoxy) is 1. The number of hydrogen-bond donors (Lipinski definition) is 1. The number of thiophene rings is 1. The molecule has 1 aromatic heterocycles. The van der Waals surface area contributed by atoms with Gasteiger partial charge in [0.1, 0.15) is 5.75 Å². The molecule has 2 heterocycles. The van der Waals surface area contributed by atoms with Gasteiger partial charge >= 0.3 is 0 Å². The highest BCUT2D eigenvalue weighted by molar-refractivity contribution is 9.10. The Morgan fingerprint density at radius 1 is 1.14 bits per heavy atom. The van der Waals surface area contributed by atoms with E-state index in [4.69, 9.17) is 4.74 Å². The van der Waals surface area contributed by atoms with Crippen LogP contribution in [0, 0.1) is 0 Å². The summed E-state index contributed by atoms with van der Waals surface area (Å²) in [4.78, 5) is 1.57. The normalized spacial score (nSPS) is 24.0. The van der Waals surface area contributed by atoms with E-state index in [-0.39, 0.29) is 0 Å². The number of halogens is 1. The number of hydrogen-bond acceptors (Lipinski definition) is 3. The predicted octanol–water partition coefficient (Wildman–Crippen LogP) is 5.00. The molecule has 2 aliphatic rings. The molecule has 0 fully saturated rings. The second-order valence-electron chi connectivity index (χ2n) is 5.78. The first-order valence-corrected chi connectivity index (χ1v) is 9.23. The quantitative estimate of drug-likeness (QED) is 0.810. The summed E-state index contributed by atoms with van der Waals surface area (Å²) in [5.74, 6) is 1.03. The van der Waals surface area contributed by atoms with Crippen molar-refractivity contribution in [1.82, 2.24) is 5.32 Å². The van der Waals surface area contributed by atoms with Gasteiger partial charge in [-0.3, -0.25) is 0 Å². The van der Waals surface area contributed by atoms with E-state index in [2.05, 4.69) is 50.9 Å². The van der Waals surface area contributed by atoms with Crippen molar-refractivity contribution in [1.29, 1.82) is 0 Å². The summed E-state index contributed by atoms with van der Waals surface area (Å²) in [6.07, 6.45) is 4.82. The summed E-state index contributed by atoms with van der Waals surface area (Å²) in [7, 11) is 0. The van der Waals surface area contributed by atoms with Crippen LogP contribution in [0.4, 0.5) is 0 Å². The van der Waals surface area contributed by atoms with Crippen LogP contribution in [-0.4, -0.2) is 6.61 Å². The molecule has 4 rings (SSSR count). The fourth-order valence-corrected chi connectivity index (χ4v) is 4.81. The van der Waals surface area contributed by atoms with Gasteiger partial charge in [-0.2, -0.15) is 0 Å². The van der Waals surface area contributed by atoms with Crippen molar-refractivity contribution >= 4 is 27.3 Å². The molecule has 0 saturated carbocycles. The fraction of sp³-hybridized carbons (Fsp3) is 0.412. The Kier molecular flexibility index (Phi) is 3.78. The van der Waals surface area contributed by atoms with Gasteiger partial charge in [-0.05, 0) is 54.5 Å². The summed E-state index contributed by atoms with van der Waals surface area (Å²) < 4.78 is 6.92. The molecule has 1 N–H and O–H groups in total. The lowest BCUT2D eigenvalue weighted by atomic mass is 9.91. The average molecular weight is 364 g/mol. The molecular weight excluding hydrogens is 346 g/mol. The van der Waals surface area contributed by atoms with Gasteiger partial charge in [0.25, 0.3) is 0 Å². The number of nitrogens with one attached hydrogen (secondary N) is 1. The van der Waals surface area contributed by atoms with Crippen molar-refractivity contribution in [3.63, 3.8) is 0 Å². The Morgan fingerprint density at radius 2 is 2.05 bits per heavy atom. The van der Waals surface area contributed by atoms with Crippen LogP contribution in [0.5, 0.6) is 5.75 Å². The standard InChI is InChI=1S/C17H18BrNOS/c18-11-4-5-16-13(10-11)15(6-8-20-16)19-14-2-1-3-17-12(14)7-9-21-17/h4-5,7,9-10,14-15,19H,1-3,6,8H2. The fourth-order valence-electron chi connectivity index (χ4n) is 3.44. The smallest absolute Gasteiger partial charge is 0.124 e. The van der Waals surface area contributed by atoms with E-state index in [0.29, 0.717) is 12.1 Å². The minimum Gasteiger partial charge on any atom is -0.493 e. The van der Waals surface area contributed by atoms with Gasteiger partial charge in [0.05, 0.1) is 6.61 Å². The van der Waals surface area contributed by atoms with Gasteiger partial charge in [0.15, 0.2) is 0 Å². The Balaban J connectivity index is 1.61. The van der Waals surface area contributed by atoms with E-state index in [1.54, 1.807) is 4.88 Å². The predicted molar refractivity (Wildman–Crippen MR) is 90.1 cm³/mol. The lowest BCUT2D eigenvalue weighted by Crippen LogP contribution is -2.32. The zero-order valence-corrected chi connectivity index (χ0v) is 14.2. The van der Waals surface area contributed by atoms with E-state index < -0.39 is 0 Å². The minimum absolute atomic E-state index is 0.391. The molecule has 2 atom stereocenters. The van der Waals surface area contributed by atoms with Crippen LogP contribution in [-0.2, 0) is 6.42 Å². The van der Waals surface area contributed by atoms with E-state index in [1.165, 1.54) is 30.4 Å². The van der Waals surface area contributed by atoms with Crippen molar-refractivity contribution < 1.29 is 4.74 Å². The molecule has 4 heteroatoms. The summed E-state index contributed by atoms with van der Waals surface area (Å²) in [5.41, 5.74) is 2.81. The summed E-state index contributed by atoms with van der Waals surface area (Å²) in [5, 5.41) is 6.12. The van der Waals surface area contributed by atoms with E-state index in [1.807, 2.05) is 11.3 Å². The summed E-state index contributed by atoms with van der Waals surface area (Å²) in [6, 6.07) is 9.52. The molecule has 2 unspecified atom stereocenters. The van der Waals surface area contributed by atoms with Crippen LogP contribution in [0.1, 0.15) is 47.4 Å². The Morgan fingerprint density at radius 3 is 3.00 bits per heavy atom. The van der Waals surface area contributed by atoms with Gasteiger partial charge in [0, 0.05) is 33.4 Å². The van der Waals surface area contributed by atoms with E-state index in [9.17, 15) is 0 Å². The molecular formula is C17H18BrNOS. The topological polar surface area (TPSA) is 21.3 Å². The average Bonchev–Trinajstić information content (AvgIpc) is 2.97. The number of rotatable bonds is 2. The van der Waals surface area contributed by atoms with Crippen molar-refractivity contribution in [2.24, 2.45) is 0 Å². The summed E-state index contributed by atoms with van der Waals surface area (Å²) >= 11 is 5.49. The SMILES string of the molecule is Brc1ccc2c(c1)C(NC1CCCc3sccc31)CCO2. The number of fused-ring (bicyclic) bond motifs is 2. The van der Waals surface area contributed by atoms with Crippen LogP contribution in [0.3, 0.4) is 0 Å². The van der Waals surface area contributed by atoms with Gasteiger partial charge in [-0.1, -0.05) is 15.9 Å². The third-order valence-corrected chi connectivity index (χ3v) is 5.96. The summed E-state index contributed by atoms with van der Waals surface area (Å²) in [6.45, 7) is 0.801. The van der Waals surface area contributed by atoms with Gasteiger partial charge < -0.3 is 10.1 Å². The first kappa shape index (κ1) is 13.8. The van der Waals surface area contributed by atoms with Gasteiger partial charge in [-0.25, -0.2) is 0 Å². The van der Waals surface area contributed by atoms with Gasteiger partial charge in [0.2, 0.25) is 0 Å². The molecule has 1 aliphatic heterocycles. The Bertz CT molecular complexity index is 654. The van der Waals surface area contributed by atoms with Crippen LogP contribution < -0.4 is 10.1 Å². The zero-order valence-electron chi connectivity index (χ0n) is 11.8. The number of aryl methyl sites for hydroxylation is 1. The second kappa shape index (κ2) is 5.75. The zero-order chi connectivity index (χ0) is 14.2. The minimum atomic E-state index is 0.391. The third kappa shape index (κ3) is 2.65. The first-order chi connectivity index (χ1) is 10.3. The molecule has 110 valence electrons. The number of benzene rings is 1. The second-order valence-corrected chi connectivity index (χ2v) is 7.70. The lowest BCUT2D eigenvalue weighted by Gasteiger charge is -2.32. The van der Waals surface area contributed by atoms with Crippen LogP contribution in [0.15, 0.2) is 34.1 Å².